The Hall–Kier alpha value is -4.12. The zero-order valence-electron chi connectivity index (χ0n) is 16.5. The molecule has 2 aromatic carbocycles. The first-order valence-corrected chi connectivity index (χ1v) is 9.59. The van der Waals surface area contributed by atoms with E-state index in [1.807, 2.05) is 0 Å². The largest absolute Gasteiger partial charge is 0.408 e. The van der Waals surface area contributed by atoms with E-state index in [0.717, 1.165) is 9.36 Å². The molecule has 0 aliphatic rings. The van der Waals surface area contributed by atoms with Crippen molar-refractivity contribution in [2.75, 3.05) is 5.43 Å². The number of amides is 1. The van der Waals surface area contributed by atoms with E-state index in [0.29, 0.717) is 5.52 Å². The first-order valence-electron chi connectivity index (χ1n) is 9.21. The Kier molecular flexibility index (Phi) is 5.41. The van der Waals surface area contributed by atoms with Gasteiger partial charge in [-0.1, -0.05) is 35.9 Å². The first-order chi connectivity index (χ1) is 15.3. The number of carbonyl (C=O) groups is 1. The maximum Gasteiger partial charge on any atom is 0.408 e. The molecule has 0 radical (unpaired) electrons. The molecule has 32 heavy (non-hydrogen) atoms. The highest BCUT2D eigenvalue weighted by Gasteiger charge is 2.25. The molecule has 2 aromatic heterocycles. The summed E-state index contributed by atoms with van der Waals surface area (Å²) in [4.78, 5) is 40.4. The zero-order chi connectivity index (χ0) is 23.0. The number of carbonyl (C=O) groups excluding carboxylic acids is 1. The number of nitrogens with one attached hydrogen (secondary N) is 1. The van der Waals surface area contributed by atoms with Crippen molar-refractivity contribution in [3.8, 4) is 11.4 Å². The van der Waals surface area contributed by atoms with Gasteiger partial charge in [-0.3, -0.25) is 15.0 Å². The maximum absolute atomic E-state index is 14.5. The van der Waals surface area contributed by atoms with Gasteiger partial charge in [0.25, 0.3) is 11.5 Å². The Balaban J connectivity index is 1.78. The molecule has 10 nitrogen and oxygen atoms in total. The van der Waals surface area contributed by atoms with Crippen LogP contribution in [0.4, 0.5) is 10.2 Å². The lowest BCUT2D eigenvalue weighted by Crippen LogP contribution is -2.37. The van der Waals surface area contributed by atoms with E-state index >= 15 is 0 Å². The first kappa shape index (κ1) is 21.1. The van der Waals surface area contributed by atoms with Gasteiger partial charge in [0.2, 0.25) is 0 Å². The summed E-state index contributed by atoms with van der Waals surface area (Å²) in [6.45, 7) is 0.986. The van der Waals surface area contributed by atoms with Crippen LogP contribution in [0.3, 0.4) is 0 Å². The summed E-state index contributed by atoms with van der Waals surface area (Å²) in [6, 6.07) is 12.1. The molecule has 0 saturated carbocycles. The molecule has 4 rings (SSSR count). The number of fused-ring (bicyclic) bond motifs is 1. The van der Waals surface area contributed by atoms with Crippen LogP contribution in [0.25, 0.3) is 22.3 Å². The van der Waals surface area contributed by atoms with E-state index in [9.17, 15) is 24.1 Å². The quantitative estimate of drug-likeness (QED) is 0.363. The summed E-state index contributed by atoms with van der Waals surface area (Å²) in [5.41, 5.74) is 2.30. The Labute approximate surface area is 184 Å². The van der Waals surface area contributed by atoms with Crippen LogP contribution in [0.15, 0.2) is 53.3 Å². The van der Waals surface area contributed by atoms with E-state index in [4.69, 9.17) is 11.6 Å². The molecular weight excluding hydrogens is 443 g/mol. The van der Waals surface area contributed by atoms with Crippen molar-refractivity contribution < 1.29 is 14.1 Å². The van der Waals surface area contributed by atoms with Gasteiger partial charge in [0, 0.05) is 0 Å². The molecule has 2 heterocycles. The molecular formula is C20H14ClFN6O4. The minimum atomic E-state index is -0.766. The summed E-state index contributed by atoms with van der Waals surface area (Å²) in [5.74, 6) is -2.09. The van der Waals surface area contributed by atoms with E-state index in [-0.39, 0.29) is 27.5 Å². The molecule has 0 spiro atoms. The standard InChI is InChI=1S/C20H14ClFN6O4/c1-11-17(21)19(28(31)32)25-26(11)10-16(29)24-27-18(12-6-2-4-8-14(12)22)23-15-9-5-3-7-13(15)20(27)30/h2-9H,10H2,1H3,(H,24,29). The van der Waals surface area contributed by atoms with E-state index in [1.165, 1.54) is 31.2 Å². The van der Waals surface area contributed by atoms with Crippen molar-refractivity contribution in [1.82, 2.24) is 19.4 Å². The predicted octanol–water partition coefficient (Wildman–Crippen LogP) is 3.04. The van der Waals surface area contributed by atoms with Gasteiger partial charge in [0.15, 0.2) is 10.8 Å². The highest BCUT2D eigenvalue weighted by atomic mass is 35.5. The Morgan fingerprint density at radius 2 is 1.91 bits per heavy atom. The van der Waals surface area contributed by atoms with Gasteiger partial charge in [0.1, 0.15) is 12.4 Å². The Morgan fingerprint density at radius 3 is 2.59 bits per heavy atom. The number of para-hydroxylation sites is 1. The third kappa shape index (κ3) is 3.69. The summed E-state index contributed by atoms with van der Waals surface area (Å²) in [5, 5.41) is 14.8. The van der Waals surface area contributed by atoms with Crippen molar-refractivity contribution in [3.05, 3.63) is 85.5 Å². The maximum atomic E-state index is 14.5. The van der Waals surface area contributed by atoms with Crippen LogP contribution in [-0.4, -0.2) is 30.3 Å². The molecule has 0 unspecified atom stereocenters. The van der Waals surface area contributed by atoms with Crippen LogP contribution in [0, 0.1) is 22.9 Å². The highest BCUT2D eigenvalue weighted by Crippen LogP contribution is 2.26. The molecule has 162 valence electrons. The lowest BCUT2D eigenvalue weighted by atomic mass is 10.2. The second-order valence-electron chi connectivity index (χ2n) is 6.75. The van der Waals surface area contributed by atoms with Crippen LogP contribution in [0.1, 0.15) is 5.69 Å². The Morgan fingerprint density at radius 1 is 1.22 bits per heavy atom. The lowest BCUT2D eigenvalue weighted by Gasteiger charge is -2.15. The van der Waals surface area contributed by atoms with Gasteiger partial charge >= 0.3 is 5.82 Å². The number of nitro groups is 1. The van der Waals surface area contributed by atoms with Gasteiger partial charge < -0.3 is 10.1 Å². The molecule has 0 aliphatic carbocycles. The Bertz CT molecular complexity index is 1450. The molecule has 1 N–H and O–H groups in total. The van der Waals surface area contributed by atoms with Crippen LogP contribution in [0.5, 0.6) is 0 Å². The van der Waals surface area contributed by atoms with E-state index in [1.54, 1.807) is 24.3 Å². The van der Waals surface area contributed by atoms with Gasteiger partial charge in [-0.2, -0.15) is 9.36 Å². The van der Waals surface area contributed by atoms with Crippen molar-refractivity contribution >= 4 is 34.2 Å². The number of nitrogens with zero attached hydrogens (tertiary/aromatic N) is 5. The zero-order valence-corrected chi connectivity index (χ0v) is 17.2. The summed E-state index contributed by atoms with van der Waals surface area (Å²) in [6.07, 6.45) is 0. The average Bonchev–Trinajstić information content (AvgIpc) is 3.05. The van der Waals surface area contributed by atoms with Gasteiger partial charge in [-0.25, -0.2) is 9.37 Å². The van der Waals surface area contributed by atoms with Crippen LogP contribution < -0.4 is 11.0 Å². The fraction of sp³-hybridized carbons (Fsp3) is 0.100. The molecule has 4 aromatic rings. The number of benzene rings is 2. The number of hydrogen-bond donors (Lipinski definition) is 1. The molecule has 0 aliphatic heterocycles. The van der Waals surface area contributed by atoms with Crippen molar-refractivity contribution in [2.45, 2.75) is 13.5 Å². The third-order valence-corrected chi connectivity index (χ3v) is 5.15. The monoisotopic (exact) mass is 456 g/mol. The van der Waals surface area contributed by atoms with Crippen molar-refractivity contribution in [3.63, 3.8) is 0 Å². The van der Waals surface area contributed by atoms with Crippen molar-refractivity contribution in [2.24, 2.45) is 0 Å². The smallest absolute Gasteiger partial charge is 0.358 e. The minimum absolute atomic E-state index is 0.00426. The van der Waals surface area contributed by atoms with E-state index in [2.05, 4.69) is 15.5 Å². The normalized spacial score (nSPS) is 11.0. The summed E-state index contributed by atoms with van der Waals surface area (Å²) < 4.78 is 16.4. The molecule has 0 atom stereocenters. The summed E-state index contributed by atoms with van der Waals surface area (Å²) >= 11 is 5.90. The number of halogens is 2. The number of hydrogen-bond acceptors (Lipinski definition) is 6. The fourth-order valence-corrected chi connectivity index (χ4v) is 3.34. The summed E-state index contributed by atoms with van der Waals surface area (Å²) in [7, 11) is 0. The highest BCUT2D eigenvalue weighted by molar-refractivity contribution is 6.33. The molecule has 0 fully saturated rings. The molecule has 0 bridgehead atoms. The molecule has 0 saturated heterocycles. The van der Waals surface area contributed by atoms with Crippen LogP contribution >= 0.6 is 11.6 Å². The minimum Gasteiger partial charge on any atom is -0.358 e. The lowest BCUT2D eigenvalue weighted by molar-refractivity contribution is -0.389. The van der Waals surface area contributed by atoms with Crippen molar-refractivity contribution in [1.29, 1.82) is 0 Å². The number of rotatable bonds is 5. The van der Waals surface area contributed by atoms with Crippen LogP contribution in [0.2, 0.25) is 5.02 Å². The third-order valence-electron chi connectivity index (χ3n) is 4.71. The van der Waals surface area contributed by atoms with Gasteiger partial charge in [0.05, 0.1) is 27.3 Å². The van der Waals surface area contributed by atoms with Gasteiger partial charge in [-0.05, 0) is 36.1 Å². The molecule has 1 amide bonds. The van der Waals surface area contributed by atoms with Gasteiger partial charge in [-0.15, -0.1) is 0 Å². The molecule has 12 heteroatoms. The second kappa shape index (κ2) is 8.19. The SMILES string of the molecule is Cc1c(Cl)c([N+](=O)[O-])nn1CC(=O)Nn1c(-c2ccccc2F)nc2ccccc2c1=O. The topological polar surface area (TPSA) is 125 Å². The second-order valence-corrected chi connectivity index (χ2v) is 7.12. The fourth-order valence-electron chi connectivity index (χ4n) is 3.13. The number of aromatic nitrogens is 4. The average molecular weight is 457 g/mol. The van der Waals surface area contributed by atoms with E-state index < -0.39 is 34.6 Å². The van der Waals surface area contributed by atoms with Crippen LogP contribution in [-0.2, 0) is 11.3 Å². The predicted molar refractivity (Wildman–Crippen MR) is 114 cm³/mol.